The Morgan fingerprint density at radius 3 is 2.35 bits per heavy atom. The molecule has 10 heteroatoms. The summed E-state index contributed by atoms with van der Waals surface area (Å²) in [7, 11) is 1.54. The molecule has 2 amide bonds. The maximum atomic E-state index is 12.7. The minimum absolute atomic E-state index is 0.00112. The number of aromatic nitrogens is 1. The standard InChI is InChI=1S/C27H26F3N3O4/c1-32-23(6-3-7-24(32)34)26(36)31-21-10-8-19(9-11-21)20-12-14-33(15-13-20)25(35)17-18-4-2-5-22(16-18)37-27(28,29)30/h2-11,16,20H,12-15,17H2,1H3,(H,31,36). The first-order chi connectivity index (χ1) is 17.6. The maximum absolute atomic E-state index is 12.7. The largest absolute Gasteiger partial charge is 0.573 e. The Bertz CT molecular complexity index is 1330. The van der Waals surface area contributed by atoms with E-state index >= 15 is 0 Å². The van der Waals surface area contributed by atoms with Crippen molar-refractivity contribution in [1.29, 1.82) is 0 Å². The zero-order valence-electron chi connectivity index (χ0n) is 20.1. The fourth-order valence-corrected chi connectivity index (χ4v) is 4.43. The summed E-state index contributed by atoms with van der Waals surface area (Å²) in [6.45, 7) is 1.09. The number of amides is 2. The molecule has 0 saturated carbocycles. The Morgan fingerprint density at radius 2 is 1.68 bits per heavy atom. The normalized spacial score (nSPS) is 14.3. The third-order valence-corrected chi connectivity index (χ3v) is 6.39. The molecule has 1 saturated heterocycles. The van der Waals surface area contributed by atoms with E-state index in [1.165, 1.54) is 41.9 Å². The van der Waals surface area contributed by atoms with Gasteiger partial charge in [0.1, 0.15) is 11.4 Å². The van der Waals surface area contributed by atoms with Gasteiger partial charge in [-0.1, -0.05) is 30.3 Å². The third kappa shape index (κ3) is 6.78. The first kappa shape index (κ1) is 26.0. The van der Waals surface area contributed by atoms with Crippen molar-refractivity contribution < 1.29 is 27.5 Å². The Labute approximate surface area is 211 Å². The molecule has 2 heterocycles. The molecule has 1 aliphatic rings. The van der Waals surface area contributed by atoms with E-state index in [0.717, 1.165) is 18.4 Å². The molecule has 4 rings (SSSR count). The topological polar surface area (TPSA) is 80.6 Å². The van der Waals surface area contributed by atoms with Gasteiger partial charge in [-0.15, -0.1) is 13.2 Å². The Kier molecular flexibility index (Phi) is 7.66. The lowest BCUT2D eigenvalue weighted by Gasteiger charge is -2.32. The molecule has 0 aliphatic carbocycles. The number of benzene rings is 2. The second-order valence-electron chi connectivity index (χ2n) is 8.91. The van der Waals surface area contributed by atoms with Crippen LogP contribution in [0.1, 0.15) is 40.4 Å². The van der Waals surface area contributed by atoms with E-state index in [1.807, 2.05) is 24.3 Å². The first-order valence-corrected chi connectivity index (χ1v) is 11.8. The minimum atomic E-state index is -4.78. The fraction of sp³-hybridized carbons (Fsp3) is 0.296. The Morgan fingerprint density at radius 1 is 1.00 bits per heavy atom. The Hall–Kier alpha value is -4.08. The van der Waals surface area contributed by atoms with Crippen LogP contribution in [-0.2, 0) is 18.3 Å². The zero-order chi connectivity index (χ0) is 26.6. The summed E-state index contributed by atoms with van der Waals surface area (Å²) < 4.78 is 42.6. The van der Waals surface area contributed by atoms with Gasteiger partial charge in [0.15, 0.2) is 0 Å². The molecule has 0 radical (unpaired) electrons. The molecular weight excluding hydrogens is 487 g/mol. The number of hydrogen-bond acceptors (Lipinski definition) is 4. The van der Waals surface area contributed by atoms with E-state index in [4.69, 9.17) is 0 Å². The number of nitrogens with one attached hydrogen (secondary N) is 1. The number of likely N-dealkylation sites (tertiary alicyclic amines) is 1. The number of carbonyl (C=O) groups excluding carboxylic acids is 2. The lowest BCUT2D eigenvalue weighted by atomic mass is 9.89. The van der Waals surface area contributed by atoms with E-state index in [0.29, 0.717) is 24.3 Å². The van der Waals surface area contributed by atoms with Gasteiger partial charge in [0.2, 0.25) is 5.91 Å². The van der Waals surface area contributed by atoms with E-state index in [9.17, 15) is 27.6 Å². The molecule has 0 bridgehead atoms. The summed E-state index contributed by atoms with van der Waals surface area (Å²) in [6, 6.07) is 17.5. The highest BCUT2D eigenvalue weighted by molar-refractivity contribution is 6.03. The van der Waals surface area contributed by atoms with Gasteiger partial charge in [-0.3, -0.25) is 14.4 Å². The predicted molar refractivity (Wildman–Crippen MR) is 131 cm³/mol. The van der Waals surface area contributed by atoms with Gasteiger partial charge in [0.05, 0.1) is 6.42 Å². The number of anilines is 1. The fourth-order valence-electron chi connectivity index (χ4n) is 4.43. The molecule has 1 fully saturated rings. The molecule has 1 N–H and O–H groups in total. The summed E-state index contributed by atoms with van der Waals surface area (Å²) in [5.74, 6) is -0.623. The lowest BCUT2D eigenvalue weighted by molar-refractivity contribution is -0.274. The molecule has 0 unspecified atom stereocenters. The van der Waals surface area contributed by atoms with Crippen molar-refractivity contribution in [3.8, 4) is 5.75 Å². The SMILES string of the molecule is Cn1c(C(=O)Nc2ccc(C3CCN(C(=O)Cc4cccc(OC(F)(F)F)c4)CC3)cc2)cccc1=O. The number of alkyl halides is 3. The van der Waals surface area contributed by atoms with Crippen LogP contribution in [0.4, 0.5) is 18.9 Å². The third-order valence-electron chi connectivity index (χ3n) is 6.39. The molecule has 3 aromatic rings. The maximum Gasteiger partial charge on any atom is 0.573 e. The number of hydrogen-bond donors (Lipinski definition) is 1. The first-order valence-electron chi connectivity index (χ1n) is 11.8. The number of ether oxygens (including phenoxy) is 1. The van der Waals surface area contributed by atoms with Gasteiger partial charge in [0, 0.05) is 31.9 Å². The molecule has 0 spiro atoms. The highest BCUT2D eigenvalue weighted by atomic mass is 19.4. The second kappa shape index (κ2) is 10.9. The van der Waals surface area contributed by atoms with Crippen LogP contribution in [0.2, 0.25) is 0 Å². The molecule has 194 valence electrons. The molecule has 1 aromatic heterocycles. The second-order valence-corrected chi connectivity index (χ2v) is 8.91. The summed E-state index contributed by atoms with van der Waals surface area (Å²) >= 11 is 0. The van der Waals surface area contributed by atoms with Crippen molar-refractivity contribution in [3.05, 3.63) is 93.9 Å². The van der Waals surface area contributed by atoms with E-state index in [1.54, 1.807) is 17.0 Å². The molecule has 37 heavy (non-hydrogen) atoms. The average molecular weight is 514 g/mol. The molecular formula is C27H26F3N3O4. The summed E-state index contributed by atoms with van der Waals surface area (Å²) in [4.78, 5) is 38.7. The van der Waals surface area contributed by atoms with Gasteiger partial charge in [-0.25, -0.2) is 0 Å². The van der Waals surface area contributed by atoms with Crippen LogP contribution in [0.5, 0.6) is 5.75 Å². The van der Waals surface area contributed by atoms with Crippen LogP contribution < -0.4 is 15.6 Å². The van der Waals surface area contributed by atoms with Crippen LogP contribution >= 0.6 is 0 Å². The van der Waals surface area contributed by atoms with Crippen LogP contribution in [0.25, 0.3) is 0 Å². The highest BCUT2D eigenvalue weighted by Crippen LogP contribution is 2.30. The van der Waals surface area contributed by atoms with Crippen LogP contribution in [-0.4, -0.2) is 40.7 Å². The number of carbonyl (C=O) groups is 2. The zero-order valence-corrected chi connectivity index (χ0v) is 20.1. The van der Waals surface area contributed by atoms with Crippen LogP contribution in [0.3, 0.4) is 0 Å². The van der Waals surface area contributed by atoms with Crippen molar-refractivity contribution in [2.45, 2.75) is 31.5 Å². The van der Waals surface area contributed by atoms with Gasteiger partial charge < -0.3 is 19.5 Å². The van der Waals surface area contributed by atoms with Gasteiger partial charge >= 0.3 is 6.36 Å². The number of nitrogens with zero attached hydrogens (tertiary/aromatic N) is 2. The van der Waals surface area contributed by atoms with E-state index in [2.05, 4.69) is 10.1 Å². The molecule has 0 atom stereocenters. The lowest BCUT2D eigenvalue weighted by Crippen LogP contribution is -2.38. The molecule has 1 aliphatic heterocycles. The van der Waals surface area contributed by atoms with Crippen molar-refractivity contribution in [3.63, 3.8) is 0 Å². The van der Waals surface area contributed by atoms with Crippen molar-refractivity contribution >= 4 is 17.5 Å². The monoisotopic (exact) mass is 513 g/mol. The highest BCUT2D eigenvalue weighted by Gasteiger charge is 2.31. The number of halogens is 3. The van der Waals surface area contributed by atoms with E-state index < -0.39 is 6.36 Å². The van der Waals surface area contributed by atoms with Gasteiger partial charge in [-0.2, -0.15) is 0 Å². The average Bonchev–Trinajstić information content (AvgIpc) is 2.85. The summed E-state index contributed by atoms with van der Waals surface area (Å²) in [6.07, 6.45) is -3.28. The van der Waals surface area contributed by atoms with E-state index in [-0.39, 0.29) is 41.2 Å². The van der Waals surface area contributed by atoms with Crippen LogP contribution in [0, 0.1) is 0 Å². The summed E-state index contributed by atoms with van der Waals surface area (Å²) in [5.41, 5.74) is 2.15. The van der Waals surface area contributed by atoms with Crippen molar-refractivity contribution in [2.24, 2.45) is 7.05 Å². The smallest absolute Gasteiger partial charge is 0.406 e. The van der Waals surface area contributed by atoms with Crippen LogP contribution in [0.15, 0.2) is 71.5 Å². The Balaban J connectivity index is 1.30. The van der Waals surface area contributed by atoms with Crippen molar-refractivity contribution in [2.75, 3.05) is 18.4 Å². The summed E-state index contributed by atoms with van der Waals surface area (Å²) in [5, 5.41) is 2.80. The van der Waals surface area contributed by atoms with Gasteiger partial charge in [0.25, 0.3) is 11.5 Å². The minimum Gasteiger partial charge on any atom is -0.406 e. The van der Waals surface area contributed by atoms with Gasteiger partial charge in [-0.05, 0) is 60.2 Å². The quantitative estimate of drug-likeness (QED) is 0.527. The molecule has 2 aromatic carbocycles. The predicted octanol–water partition coefficient (Wildman–Crippen LogP) is 4.48. The number of rotatable bonds is 6. The van der Waals surface area contributed by atoms with Crippen molar-refractivity contribution in [1.82, 2.24) is 9.47 Å². The number of pyridine rings is 1. The molecule has 7 nitrogen and oxygen atoms in total. The number of piperidine rings is 1.